The van der Waals surface area contributed by atoms with Crippen LogP contribution in [0.25, 0.3) is 0 Å². The lowest BCUT2D eigenvalue weighted by Crippen LogP contribution is -2.32. The molecule has 1 atom stereocenters. The van der Waals surface area contributed by atoms with E-state index in [0.717, 1.165) is 6.54 Å². The van der Waals surface area contributed by atoms with Gasteiger partial charge in [0.05, 0.1) is 0 Å². The molecule has 0 fully saturated rings. The zero-order valence-electron chi connectivity index (χ0n) is 8.92. The largest absolute Gasteiger partial charge is 0.330 e. The summed E-state index contributed by atoms with van der Waals surface area (Å²) in [6.07, 6.45) is 4.93. The van der Waals surface area contributed by atoms with E-state index in [1.165, 1.54) is 36.8 Å². The van der Waals surface area contributed by atoms with Gasteiger partial charge in [-0.15, -0.1) is 0 Å². The van der Waals surface area contributed by atoms with Crippen LogP contribution in [0.5, 0.6) is 0 Å². The van der Waals surface area contributed by atoms with Gasteiger partial charge in [-0.3, -0.25) is 0 Å². The number of aryl methyl sites for hydroxylation is 1. The summed E-state index contributed by atoms with van der Waals surface area (Å²) in [6, 6.07) is 8.80. The Balaban J connectivity index is 2.39. The molecule has 1 aliphatic carbocycles. The first-order valence-corrected chi connectivity index (χ1v) is 5.61. The molecule has 1 aromatic rings. The molecular weight excluding hydrogens is 170 g/mol. The van der Waals surface area contributed by atoms with Gasteiger partial charge in [-0.05, 0) is 30.4 Å². The molecule has 14 heavy (non-hydrogen) atoms. The fraction of sp³-hybridized carbons (Fsp3) is 0.538. The van der Waals surface area contributed by atoms with E-state index in [1.54, 1.807) is 0 Å². The van der Waals surface area contributed by atoms with Crippen molar-refractivity contribution in [3.8, 4) is 0 Å². The van der Waals surface area contributed by atoms with Crippen LogP contribution in [0, 0.1) is 0 Å². The topological polar surface area (TPSA) is 26.0 Å². The van der Waals surface area contributed by atoms with E-state index in [-0.39, 0.29) is 0 Å². The molecule has 1 heteroatoms. The Morgan fingerprint density at radius 3 is 2.86 bits per heavy atom. The van der Waals surface area contributed by atoms with Gasteiger partial charge >= 0.3 is 0 Å². The SMILES string of the molecule is CCCC1(CN)CCc2ccccc21. The molecule has 2 N–H and O–H groups in total. The van der Waals surface area contributed by atoms with Crippen LogP contribution in [0.1, 0.15) is 37.3 Å². The summed E-state index contributed by atoms with van der Waals surface area (Å²) in [5, 5.41) is 0. The Morgan fingerprint density at radius 1 is 1.36 bits per heavy atom. The number of benzene rings is 1. The average molecular weight is 189 g/mol. The normalized spacial score (nSPS) is 25.0. The van der Waals surface area contributed by atoms with Crippen LogP contribution in [0.15, 0.2) is 24.3 Å². The first kappa shape index (κ1) is 9.72. The van der Waals surface area contributed by atoms with Gasteiger partial charge in [0.25, 0.3) is 0 Å². The Morgan fingerprint density at radius 2 is 2.14 bits per heavy atom. The predicted octanol–water partition coefficient (Wildman–Crippen LogP) is 2.63. The molecule has 0 radical (unpaired) electrons. The lowest BCUT2D eigenvalue weighted by atomic mass is 9.78. The Kier molecular flexibility index (Phi) is 2.60. The van der Waals surface area contributed by atoms with E-state index in [9.17, 15) is 0 Å². The molecule has 0 saturated heterocycles. The molecule has 0 aromatic heterocycles. The van der Waals surface area contributed by atoms with Crippen molar-refractivity contribution in [1.29, 1.82) is 0 Å². The minimum atomic E-state index is 0.297. The van der Waals surface area contributed by atoms with Gasteiger partial charge in [0.1, 0.15) is 0 Å². The highest BCUT2D eigenvalue weighted by molar-refractivity contribution is 5.39. The molecule has 1 unspecified atom stereocenters. The third-order valence-corrected chi connectivity index (χ3v) is 3.58. The number of hydrogen-bond acceptors (Lipinski definition) is 1. The molecule has 0 spiro atoms. The lowest BCUT2D eigenvalue weighted by Gasteiger charge is -2.28. The molecule has 1 aromatic carbocycles. The molecule has 2 rings (SSSR count). The fourth-order valence-electron chi connectivity index (χ4n) is 2.82. The summed E-state index contributed by atoms with van der Waals surface area (Å²) in [4.78, 5) is 0. The van der Waals surface area contributed by atoms with E-state index in [4.69, 9.17) is 5.73 Å². The standard InChI is InChI=1S/C13H19N/c1-2-8-13(10-14)9-7-11-5-3-4-6-12(11)13/h3-6H,2,7-10,14H2,1H3. The van der Waals surface area contributed by atoms with E-state index < -0.39 is 0 Å². The van der Waals surface area contributed by atoms with Crippen molar-refractivity contribution < 1.29 is 0 Å². The number of nitrogens with two attached hydrogens (primary N) is 1. The molecule has 1 nitrogen and oxygen atoms in total. The second-order valence-corrected chi connectivity index (χ2v) is 4.39. The van der Waals surface area contributed by atoms with Crippen LogP contribution in [0.2, 0.25) is 0 Å². The van der Waals surface area contributed by atoms with Crippen molar-refractivity contribution in [2.45, 2.75) is 38.0 Å². The van der Waals surface area contributed by atoms with Crippen LogP contribution in [0.3, 0.4) is 0 Å². The smallest absolute Gasteiger partial charge is 0.00813 e. The highest BCUT2D eigenvalue weighted by atomic mass is 14.6. The van der Waals surface area contributed by atoms with Crippen molar-refractivity contribution in [2.24, 2.45) is 5.73 Å². The van der Waals surface area contributed by atoms with Crippen molar-refractivity contribution in [3.05, 3.63) is 35.4 Å². The molecule has 1 aliphatic rings. The van der Waals surface area contributed by atoms with Gasteiger partial charge < -0.3 is 5.73 Å². The Labute approximate surface area is 86.3 Å². The molecule has 0 aliphatic heterocycles. The molecule has 0 bridgehead atoms. The van der Waals surface area contributed by atoms with E-state index in [1.807, 2.05) is 0 Å². The zero-order chi connectivity index (χ0) is 10.0. The molecular formula is C13H19N. The lowest BCUT2D eigenvalue weighted by molar-refractivity contribution is 0.397. The van der Waals surface area contributed by atoms with E-state index in [0.29, 0.717) is 5.41 Å². The minimum absolute atomic E-state index is 0.297. The van der Waals surface area contributed by atoms with Gasteiger partial charge in [-0.25, -0.2) is 0 Å². The molecule has 0 amide bonds. The Hall–Kier alpha value is -0.820. The second kappa shape index (κ2) is 3.74. The first-order chi connectivity index (χ1) is 6.82. The highest BCUT2D eigenvalue weighted by Gasteiger charge is 2.35. The first-order valence-electron chi connectivity index (χ1n) is 5.61. The Bertz CT molecular complexity index is 315. The summed E-state index contributed by atoms with van der Waals surface area (Å²) in [5.41, 5.74) is 9.30. The third-order valence-electron chi connectivity index (χ3n) is 3.58. The summed E-state index contributed by atoms with van der Waals surface area (Å²) < 4.78 is 0. The summed E-state index contributed by atoms with van der Waals surface area (Å²) in [5.74, 6) is 0. The maximum absolute atomic E-state index is 5.97. The fourth-order valence-corrected chi connectivity index (χ4v) is 2.82. The van der Waals surface area contributed by atoms with Crippen LogP contribution in [-0.4, -0.2) is 6.54 Å². The molecule has 0 heterocycles. The zero-order valence-corrected chi connectivity index (χ0v) is 8.92. The van der Waals surface area contributed by atoms with Crippen LogP contribution in [-0.2, 0) is 11.8 Å². The van der Waals surface area contributed by atoms with Crippen LogP contribution in [0.4, 0.5) is 0 Å². The third kappa shape index (κ3) is 1.36. The quantitative estimate of drug-likeness (QED) is 0.777. The number of hydrogen-bond donors (Lipinski definition) is 1. The summed E-state index contributed by atoms with van der Waals surface area (Å²) >= 11 is 0. The predicted molar refractivity (Wildman–Crippen MR) is 60.4 cm³/mol. The summed E-state index contributed by atoms with van der Waals surface area (Å²) in [6.45, 7) is 3.05. The van der Waals surface area contributed by atoms with E-state index in [2.05, 4.69) is 31.2 Å². The van der Waals surface area contributed by atoms with Crippen molar-refractivity contribution in [3.63, 3.8) is 0 Å². The second-order valence-electron chi connectivity index (χ2n) is 4.39. The van der Waals surface area contributed by atoms with Crippen LogP contribution < -0.4 is 5.73 Å². The van der Waals surface area contributed by atoms with Gasteiger partial charge in [-0.2, -0.15) is 0 Å². The van der Waals surface area contributed by atoms with Gasteiger partial charge in [0, 0.05) is 12.0 Å². The molecule has 0 saturated carbocycles. The van der Waals surface area contributed by atoms with Crippen molar-refractivity contribution in [2.75, 3.05) is 6.54 Å². The van der Waals surface area contributed by atoms with Gasteiger partial charge in [0.2, 0.25) is 0 Å². The number of fused-ring (bicyclic) bond motifs is 1. The van der Waals surface area contributed by atoms with Crippen LogP contribution >= 0.6 is 0 Å². The minimum Gasteiger partial charge on any atom is -0.330 e. The maximum atomic E-state index is 5.97. The summed E-state index contributed by atoms with van der Waals surface area (Å²) in [7, 11) is 0. The van der Waals surface area contributed by atoms with Gasteiger partial charge in [0.15, 0.2) is 0 Å². The van der Waals surface area contributed by atoms with Crippen molar-refractivity contribution in [1.82, 2.24) is 0 Å². The van der Waals surface area contributed by atoms with E-state index >= 15 is 0 Å². The van der Waals surface area contributed by atoms with Crippen molar-refractivity contribution >= 4 is 0 Å². The highest BCUT2D eigenvalue weighted by Crippen LogP contribution is 2.41. The monoisotopic (exact) mass is 189 g/mol. The average Bonchev–Trinajstić information content (AvgIpc) is 2.59. The van der Waals surface area contributed by atoms with Gasteiger partial charge in [-0.1, -0.05) is 37.6 Å². The number of rotatable bonds is 3. The molecule has 76 valence electrons. The maximum Gasteiger partial charge on any atom is 0.00813 e.